The van der Waals surface area contributed by atoms with E-state index in [0.717, 1.165) is 28.9 Å². The summed E-state index contributed by atoms with van der Waals surface area (Å²) in [6, 6.07) is 14.8. The van der Waals surface area contributed by atoms with E-state index in [0.29, 0.717) is 6.04 Å². The third kappa shape index (κ3) is 2.47. The first-order valence-corrected chi connectivity index (χ1v) is 7.28. The molecule has 3 heteroatoms. The SMILES string of the molecule is Cc1cccc(NC2CCOc3ccccc32)c1Br. The van der Waals surface area contributed by atoms with Gasteiger partial charge in [0, 0.05) is 22.1 Å². The van der Waals surface area contributed by atoms with Gasteiger partial charge in [0.05, 0.1) is 12.6 Å². The quantitative estimate of drug-likeness (QED) is 0.867. The summed E-state index contributed by atoms with van der Waals surface area (Å²) in [6.45, 7) is 2.87. The van der Waals surface area contributed by atoms with Crippen LogP contribution in [0.15, 0.2) is 46.9 Å². The van der Waals surface area contributed by atoms with E-state index in [1.165, 1.54) is 11.1 Å². The van der Waals surface area contributed by atoms with Gasteiger partial charge in [-0.1, -0.05) is 30.3 Å². The summed E-state index contributed by atoms with van der Waals surface area (Å²) in [5.41, 5.74) is 3.62. The van der Waals surface area contributed by atoms with E-state index in [1.54, 1.807) is 0 Å². The Morgan fingerprint density at radius 1 is 1.16 bits per heavy atom. The zero-order chi connectivity index (χ0) is 13.2. The number of halogens is 1. The monoisotopic (exact) mass is 317 g/mol. The van der Waals surface area contributed by atoms with Crippen molar-refractivity contribution in [2.24, 2.45) is 0 Å². The van der Waals surface area contributed by atoms with Crippen LogP contribution in [0.25, 0.3) is 0 Å². The summed E-state index contributed by atoms with van der Waals surface area (Å²) < 4.78 is 6.83. The van der Waals surface area contributed by atoms with Crippen LogP contribution < -0.4 is 10.1 Å². The highest BCUT2D eigenvalue weighted by Crippen LogP contribution is 2.36. The molecule has 0 amide bonds. The van der Waals surface area contributed by atoms with Gasteiger partial charge in [-0.3, -0.25) is 0 Å². The molecule has 2 aromatic rings. The van der Waals surface area contributed by atoms with Crippen molar-refractivity contribution in [3.8, 4) is 5.75 Å². The summed E-state index contributed by atoms with van der Waals surface area (Å²) in [7, 11) is 0. The Kier molecular flexibility index (Phi) is 3.47. The summed E-state index contributed by atoms with van der Waals surface area (Å²) in [5, 5.41) is 3.62. The largest absolute Gasteiger partial charge is 0.493 e. The van der Waals surface area contributed by atoms with Crippen LogP contribution >= 0.6 is 15.9 Å². The van der Waals surface area contributed by atoms with Gasteiger partial charge in [0.15, 0.2) is 0 Å². The van der Waals surface area contributed by atoms with Crippen LogP contribution in [0.3, 0.4) is 0 Å². The highest BCUT2D eigenvalue weighted by Gasteiger charge is 2.21. The second kappa shape index (κ2) is 5.25. The highest BCUT2D eigenvalue weighted by atomic mass is 79.9. The van der Waals surface area contributed by atoms with Crippen LogP contribution in [-0.4, -0.2) is 6.61 Å². The molecule has 1 heterocycles. The molecule has 1 N–H and O–H groups in total. The zero-order valence-electron chi connectivity index (χ0n) is 10.8. The average Bonchev–Trinajstić information content (AvgIpc) is 2.44. The first kappa shape index (κ1) is 12.5. The lowest BCUT2D eigenvalue weighted by Gasteiger charge is -2.28. The molecule has 1 unspecified atom stereocenters. The van der Waals surface area contributed by atoms with Gasteiger partial charge in [-0.2, -0.15) is 0 Å². The number of ether oxygens (including phenoxy) is 1. The van der Waals surface area contributed by atoms with Crippen molar-refractivity contribution < 1.29 is 4.74 Å². The van der Waals surface area contributed by atoms with Crippen molar-refractivity contribution in [1.82, 2.24) is 0 Å². The van der Waals surface area contributed by atoms with Crippen molar-refractivity contribution in [3.05, 3.63) is 58.1 Å². The fourth-order valence-electron chi connectivity index (χ4n) is 2.44. The molecule has 0 aliphatic carbocycles. The molecule has 3 rings (SSSR count). The molecule has 1 aliphatic rings. The van der Waals surface area contributed by atoms with Gasteiger partial charge < -0.3 is 10.1 Å². The Labute approximate surface area is 121 Å². The van der Waals surface area contributed by atoms with E-state index < -0.39 is 0 Å². The first-order valence-electron chi connectivity index (χ1n) is 6.49. The van der Waals surface area contributed by atoms with Gasteiger partial charge in [-0.25, -0.2) is 0 Å². The van der Waals surface area contributed by atoms with Crippen LogP contribution in [0.5, 0.6) is 5.75 Å². The molecule has 0 aromatic heterocycles. The van der Waals surface area contributed by atoms with E-state index in [1.807, 2.05) is 12.1 Å². The Balaban J connectivity index is 1.91. The van der Waals surface area contributed by atoms with Crippen LogP contribution in [-0.2, 0) is 0 Å². The summed E-state index contributed by atoms with van der Waals surface area (Å²) in [4.78, 5) is 0. The molecule has 1 aliphatic heterocycles. The van der Waals surface area contributed by atoms with Gasteiger partial charge in [-0.05, 0) is 40.5 Å². The van der Waals surface area contributed by atoms with Crippen molar-refractivity contribution >= 4 is 21.6 Å². The maximum Gasteiger partial charge on any atom is 0.124 e. The number of hydrogen-bond acceptors (Lipinski definition) is 2. The minimum atomic E-state index is 0.308. The molecular weight excluding hydrogens is 302 g/mol. The molecule has 0 saturated carbocycles. The molecule has 2 aromatic carbocycles. The lowest BCUT2D eigenvalue weighted by atomic mass is 10.00. The van der Waals surface area contributed by atoms with Gasteiger partial charge in [0.25, 0.3) is 0 Å². The van der Waals surface area contributed by atoms with Crippen LogP contribution in [0.4, 0.5) is 5.69 Å². The molecule has 0 saturated heterocycles. The minimum Gasteiger partial charge on any atom is -0.493 e. The van der Waals surface area contributed by atoms with E-state index in [2.05, 4.69) is 58.5 Å². The Hall–Kier alpha value is -1.48. The molecule has 1 atom stereocenters. The normalized spacial score (nSPS) is 17.5. The fourth-order valence-corrected chi connectivity index (χ4v) is 2.82. The molecule has 0 spiro atoms. The number of nitrogens with one attached hydrogen (secondary N) is 1. The molecule has 19 heavy (non-hydrogen) atoms. The number of anilines is 1. The lowest BCUT2D eigenvalue weighted by Crippen LogP contribution is -2.20. The molecule has 0 radical (unpaired) electrons. The molecule has 0 fully saturated rings. The number of benzene rings is 2. The summed E-state index contributed by atoms with van der Waals surface area (Å²) in [5.74, 6) is 0.995. The number of rotatable bonds is 2. The molecule has 0 bridgehead atoms. The average molecular weight is 318 g/mol. The predicted octanol–water partition coefficient (Wildman–Crippen LogP) is 4.69. The molecule has 2 nitrogen and oxygen atoms in total. The molecular formula is C16H16BrNO. The molecule has 98 valence electrons. The standard InChI is InChI=1S/C16H16BrNO/c1-11-5-4-7-14(16(11)17)18-13-9-10-19-15-8-3-2-6-12(13)15/h2-8,13,18H,9-10H2,1H3. The zero-order valence-corrected chi connectivity index (χ0v) is 12.4. The van der Waals surface area contributed by atoms with E-state index in [4.69, 9.17) is 4.74 Å². The van der Waals surface area contributed by atoms with Crippen molar-refractivity contribution in [2.75, 3.05) is 11.9 Å². The maximum absolute atomic E-state index is 5.69. The number of aryl methyl sites for hydroxylation is 1. The van der Waals surface area contributed by atoms with Crippen LogP contribution in [0.2, 0.25) is 0 Å². The van der Waals surface area contributed by atoms with Crippen molar-refractivity contribution in [3.63, 3.8) is 0 Å². The third-order valence-corrected chi connectivity index (χ3v) is 4.53. The number of fused-ring (bicyclic) bond motifs is 1. The second-order valence-electron chi connectivity index (χ2n) is 4.81. The van der Waals surface area contributed by atoms with Crippen LogP contribution in [0.1, 0.15) is 23.6 Å². The number of hydrogen-bond donors (Lipinski definition) is 1. The third-order valence-electron chi connectivity index (χ3n) is 3.48. The Bertz CT molecular complexity index is 597. The topological polar surface area (TPSA) is 21.3 Å². The Morgan fingerprint density at radius 2 is 2.00 bits per heavy atom. The van der Waals surface area contributed by atoms with E-state index in [-0.39, 0.29) is 0 Å². The fraction of sp³-hybridized carbons (Fsp3) is 0.250. The number of para-hydroxylation sites is 1. The van der Waals surface area contributed by atoms with E-state index >= 15 is 0 Å². The first-order chi connectivity index (χ1) is 9.25. The summed E-state index contributed by atoms with van der Waals surface area (Å²) >= 11 is 3.65. The lowest BCUT2D eigenvalue weighted by molar-refractivity contribution is 0.274. The smallest absolute Gasteiger partial charge is 0.124 e. The van der Waals surface area contributed by atoms with Gasteiger partial charge in [-0.15, -0.1) is 0 Å². The van der Waals surface area contributed by atoms with Crippen molar-refractivity contribution in [1.29, 1.82) is 0 Å². The van der Waals surface area contributed by atoms with Gasteiger partial charge in [0.2, 0.25) is 0 Å². The maximum atomic E-state index is 5.69. The van der Waals surface area contributed by atoms with Gasteiger partial charge in [0.1, 0.15) is 5.75 Å². The van der Waals surface area contributed by atoms with E-state index in [9.17, 15) is 0 Å². The highest BCUT2D eigenvalue weighted by molar-refractivity contribution is 9.10. The second-order valence-corrected chi connectivity index (χ2v) is 5.60. The Morgan fingerprint density at radius 3 is 2.89 bits per heavy atom. The van der Waals surface area contributed by atoms with Crippen molar-refractivity contribution in [2.45, 2.75) is 19.4 Å². The summed E-state index contributed by atoms with van der Waals surface area (Å²) in [6.07, 6.45) is 0.984. The van der Waals surface area contributed by atoms with Gasteiger partial charge >= 0.3 is 0 Å². The predicted molar refractivity (Wildman–Crippen MR) is 81.8 cm³/mol. The minimum absolute atomic E-state index is 0.308. The van der Waals surface area contributed by atoms with Crippen LogP contribution in [0, 0.1) is 6.92 Å².